The normalized spacial score (nSPS) is 20.3. The summed E-state index contributed by atoms with van der Waals surface area (Å²) in [5, 5.41) is 17.2. The highest BCUT2D eigenvalue weighted by Gasteiger charge is 2.39. The quantitative estimate of drug-likeness (QED) is 0.625. The van der Waals surface area contributed by atoms with Crippen LogP contribution in [0, 0.1) is 0 Å². The average Bonchev–Trinajstić information content (AvgIpc) is 3.47. The van der Waals surface area contributed by atoms with Crippen LogP contribution < -0.4 is 5.01 Å². The number of fused-ring (bicyclic) bond motifs is 1. The molecule has 7 nitrogen and oxygen atoms in total. The Kier molecular flexibility index (Phi) is 5.55. The van der Waals surface area contributed by atoms with Gasteiger partial charge < -0.3 is 14.4 Å². The minimum Gasteiger partial charge on any atom is -0.390 e. The number of aromatic nitrogens is 2. The molecule has 2 aliphatic rings. The van der Waals surface area contributed by atoms with Gasteiger partial charge in [0.2, 0.25) is 0 Å². The molecule has 0 radical (unpaired) electrons. The molecular weight excluding hydrogens is 447 g/mol. The lowest BCUT2D eigenvalue weighted by atomic mass is 9.84. The molecule has 1 atom stereocenters. The van der Waals surface area contributed by atoms with Gasteiger partial charge in [0.1, 0.15) is 0 Å². The second-order valence-electron chi connectivity index (χ2n) is 8.94. The molecule has 1 unspecified atom stereocenters. The smallest absolute Gasteiger partial charge is 0.390 e. The number of anilines is 1. The number of carbonyl (C=O) groups excluding carboxylic acids is 1. The third-order valence-electron chi connectivity index (χ3n) is 6.64. The van der Waals surface area contributed by atoms with Gasteiger partial charge in [-0.3, -0.25) is 9.80 Å². The Morgan fingerprint density at radius 3 is 2.56 bits per heavy atom. The van der Waals surface area contributed by atoms with Crippen LogP contribution in [0.5, 0.6) is 0 Å². The first-order valence-electron chi connectivity index (χ1n) is 11.1. The minimum atomic E-state index is -4.39. The molecule has 1 N–H and O–H groups in total. The molecule has 2 aromatic heterocycles. The van der Waals surface area contributed by atoms with E-state index in [9.17, 15) is 23.1 Å². The van der Waals surface area contributed by atoms with Crippen LogP contribution in [0.2, 0.25) is 0 Å². The standard InChI is InChI=1S/C24H24F3N5O2/c25-24(26,27)18-2-5-19(6-3-18)32-20(7-10-29-32)13-23(34)8-11-30(12-9-23)22(33)17-1-4-21-14-28-16-31(21)15-17/h1-6,10,14-16,20,34H,7-9,11-13H2. The summed E-state index contributed by atoms with van der Waals surface area (Å²) >= 11 is 0. The zero-order valence-electron chi connectivity index (χ0n) is 18.3. The Labute approximate surface area is 194 Å². The van der Waals surface area contributed by atoms with Crippen molar-refractivity contribution in [3.63, 3.8) is 0 Å². The molecule has 0 aliphatic carbocycles. The molecule has 2 aliphatic heterocycles. The van der Waals surface area contributed by atoms with Crippen molar-refractivity contribution in [2.45, 2.75) is 43.5 Å². The van der Waals surface area contributed by atoms with Gasteiger partial charge in [0, 0.05) is 31.9 Å². The topological polar surface area (TPSA) is 73.4 Å². The first-order chi connectivity index (χ1) is 16.2. The maximum atomic E-state index is 13.0. The summed E-state index contributed by atoms with van der Waals surface area (Å²) in [6, 6.07) is 8.35. The number of aliphatic hydroxyl groups is 1. The van der Waals surface area contributed by atoms with Gasteiger partial charge in [-0.05, 0) is 55.7 Å². The molecule has 34 heavy (non-hydrogen) atoms. The Hall–Kier alpha value is -3.40. The number of nitrogens with zero attached hydrogens (tertiary/aromatic N) is 5. The van der Waals surface area contributed by atoms with Gasteiger partial charge in [-0.2, -0.15) is 18.3 Å². The van der Waals surface area contributed by atoms with E-state index in [4.69, 9.17) is 0 Å². The molecule has 1 fully saturated rings. The second kappa shape index (κ2) is 8.43. The first kappa shape index (κ1) is 22.4. The molecule has 0 spiro atoms. The monoisotopic (exact) mass is 471 g/mol. The summed E-state index contributed by atoms with van der Waals surface area (Å²) in [7, 11) is 0. The second-order valence-corrected chi connectivity index (χ2v) is 8.94. The van der Waals surface area contributed by atoms with E-state index in [1.54, 1.807) is 45.3 Å². The van der Waals surface area contributed by atoms with Crippen molar-refractivity contribution in [1.82, 2.24) is 14.3 Å². The lowest BCUT2D eigenvalue weighted by Gasteiger charge is -2.40. The fourth-order valence-electron chi connectivity index (χ4n) is 4.70. The van der Waals surface area contributed by atoms with Crippen LogP contribution in [0.25, 0.3) is 5.52 Å². The Morgan fingerprint density at radius 1 is 1.12 bits per heavy atom. The summed E-state index contributed by atoms with van der Waals surface area (Å²) < 4.78 is 40.4. The van der Waals surface area contributed by atoms with E-state index in [1.807, 2.05) is 6.07 Å². The van der Waals surface area contributed by atoms with Gasteiger partial charge in [0.05, 0.1) is 46.5 Å². The largest absolute Gasteiger partial charge is 0.416 e. The average molecular weight is 471 g/mol. The summed E-state index contributed by atoms with van der Waals surface area (Å²) in [5.41, 5.74) is 0.333. The van der Waals surface area contributed by atoms with Crippen LogP contribution in [-0.4, -0.2) is 56.2 Å². The zero-order chi connectivity index (χ0) is 23.9. The Morgan fingerprint density at radius 2 is 1.85 bits per heavy atom. The van der Waals surface area contributed by atoms with Crippen molar-refractivity contribution in [2.75, 3.05) is 18.1 Å². The Balaban J connectivity index is 1.22. The molecule has 1 aromatic carbocycles. The summed E-state index contributed by atoms with van der Waals surface area (Å²) in [5.74, 6) is -0.0896. The highest BCUT2D eigenvalue weighted by molar-refractivity contribution is 5.94. The molecule has 3 aromatic rings. The van der Waals surface area contributed by atoms with Crippen LogP contribution in [0.4, 0.5) is 18.9 Å². The third-order valence-corrected chi connectivity index (χ3v) is 6.64. The van der Waals surface area contributed by atoms with E-state index >= 15 is 0 Å². The van der Waals surface area contributed by atoms with Crippen molar-refractivity contribution in [3.8, 4) is 0 Å². The number of carbonyl (C=O) groups is 1. The number of imidazole rings is 1. The minimum absolute atomic E-state index is 0.0896. The highest BCUT2D eigenvalue weighted by Crippen LogP contribution is 2.35. The molecule has 4 heterocycles. The van der Waals surface area contributed by atoms with Gasteiger partial charge in [0.25, 0.3) is 5.91 Å². The molecule has 5 rings (SSSR count). The van der Waals surface area contributed by atoms with Crippen molar-refractivity contribution in [1.29, 1.82) is 0 Å². The van der Waals surface area contributed by atoms with E-state index in [0.29, 0.717) is 50.0 Å². The van der Waals surface area contributed by atoms with Crippen LogP contribution in [0.15, 0.2) is 60.2 Å². The summed E-state index contributed by atoms with van der Waals surface area (Å²) in [6.45, 7) is 0.844. The number of amides is 1. The van der Waals surface area contributed by atoms with Crippen molar-refractivity contribution in [2.24, 2.45) is 5.10 Å². The number of halogens is 3. The number of hydrogen-bond donors (Lipinski definition) is 1. The molecular formula is C24H24F3N5O2. The third kappa shape index (κ3) is 4.37. The number of hydrazone groups is 1. The van der Waals surface area contributed by atoms with E-state index in [0.717, 1.165) is 17.6 Å². The fourth-order valence-corrected chi connectivity index (χ4v) is 4.70. The zero-order valence-corrected chi connectivity index (χ0v) is 18.3. The van der Waals surface area contributed by atoms with E-state index in [2.05, 4.69) is 10.1 Å². The molecule has 10 heteroatoms. The van der Waals surface area contributed by atoms with Gasteiger partial charge >= 0.3 is 6.18 Å². The number of hydrogen-bond acceptors (Lipinski definition) is 5. The Bertz CT molecular complexity index is 1210. The molecule has 1 saturated heterocycles. The number of pyridine rings is 1. The summed E-state index contributed by atoms with van der Waals surface area (Å²) in [6.07, 6.45) is 4.29. The lowest BCUT2D eigenvalue weighted by molar-refractivity contribution is -0.137. The van der Waals surface area contributed by atoms with Crippen LogP contribution in [-0.2, 0) is 6.18 Å². The van der Waals surface area contributed by atoms with Crippen LogP contribution >= 0.6 is 0 Å². The maximum absolute atomic E-state index is 13.0. The lowest BCUT2D eigenvalue weighted by Crippen LogP contribution is -2.49. The van der Waals surface area contributed by atoms with Crippen LogP contribution in [0.3, 0.4) is 0 Å². The molecule has 0 bridgehead atoms. The van der Waals surface area contributed by atoms with Crippen molar-refractivity contribution < 1.29 is 23.1 Å². The number of rotatable bonds is 4. The van der Waals surface area contributed by atoms with E-state index in [-0.39, 0.29) is 11.9 Å². The van der Waals surface area contributed by atoms with Gasteiger partial charge in [0.15, 0.2) is 0 Å². The summed E-state index contributed by atoms with van der Waals surface area (Å²) in [4.78, 5) is 18.8. The predicted molar refractivity (Wildman–Crippen MR) is 121 cm³/mol. The number of alkyl halides is 3. The highest BCUT2D eigenvalue weighted by atomic mass is 19.4. The maximum Gasteiger partial charge on any atom is 0.416 e. The van der Waals surface area contributed by atoms with E-state index in [1.165, 1.54) is 12.1 Å². The predicted octanol–water partition coefficient (Wildman–Crippen LogP) is 3.98. The van der Waals surface area contributed by atoms with Crippen molar-refractivity contribution in [3.05, 3.63) is 66.2 Å². The van der Waals surface area contributed by atoms with Gasteiger partial charge in [-0.25, -0.2) is 4.98 Å². The van der Waals surface area contributed by atoms with Gasteiger partial charge in [-0.15, -0.1) is 0 Å². The molecule has 178 valence electrons. The van der Waals surface area contributed by atoms with Gasteiger partial charge in [-0.1, -0.05) is 0 Å². The number of likely N-dealkylation sites (tertiary alicyclic amines) is 1. The first-order valence-corrected chi connectivity index (χ1v) is 11.1. The SMILES string of the molecule is O=C(c1ccc2cncn2c1)N1CCC(O)(CC2CC=NN2c2ccc(C(F)(F)F)cc2)CC1. The number of piperidine rings is 1. The molecule has 1 amide bonds. The van der Waals surface area contributed by atoms with Crippen LogP contribution in [0.1, 0.15) is 41.6 Å². The van der Waals surface area contributed by atoms with E-state index < -0.39 is 17.3 Å². The fraction of sp³-hybridized carbons (Fsp3) is 0.375. The molecule has 0 saturated carbocycles. The van der Waals surface area contributed by atoms with Crippen molar-refractivity contribution >= 4 is 23.3 Å². The number of benzene rings is 1.